The van der Waals surface area contributed by atoms with Crippen LogP contribution in [-0.2, 0) is 0 Å². The van der Waals surface area contributed by atoms with Gasteiger partial charge in [-0.1, -0.05) is 19.8 Å². The van der Waals surface area contributed by atoms with Crippen LogP contribution in [0, 0.1) is 11.8 Å². The molecule has 0 atom stereocenters. The van der Waals surface area contributed by atoms with E-state index in [9.17, 15) is 0 Å². The average molecular weight is 276 g/mol. The van der Waals surface area contributed by atoms with E-state index in [1.54, 1.807) is 0 Å². The number of anilines is 2. The summed E-state index contributed by atoms with van der Waals surface area (Å²) < 4.78 is 5.73. The van der Waals surface area contributed by atoms with Crippen LogP contribution in [0.2, 0.25) is 0 Å². The molecule has 1 saturated carbocycles. The van der Waals surface area contributed by atoms with E-state index in [2.05, 4.69) is 12.2 Å². The van der Waals surface area contributed by atoms with Crippen LogP contribution in [0.4, 0.5) is 11.4 Å². The first-order chi connectivity index (χ1) is 9.54. The number of hydrogen-bond donors (Lipinski definition) is 2. The van der Waals surface area contributed by atoms with E-state index < -0.39 is 0 Å². The van der Waals surface area contributed by atoms with Gasteiger partial charge in [-0.05, 0) is 50.7 Å². The van der Waals surface area contributed by atoms with Gasteiger partial charge in [0.05, 0.1) is 11.8 Å². The van der Waals surface area contributed by atoms with Crippen molar-refractivity contribution in [3.8, 4) is 5.75 Å². The quantitative estimate of drug-likeness (QED) is 0.788. The Morgan fingerprint density at radius 2 is 1.95 bits per heavy atom. The second-order valence-electron chi connectivity index (χ2n) is 6.43. The maximum atomic E-state index is 5.94. The molecule has 0 aliphatic heterocycles. The normalized spacial score (nSPS) is 22.8. The summed E-state index contributed by atoms with van der Waals surface area (Å²) >= 11 is 0. The SMILES string of the molecule is CC1CCC(CNc2ccc(N)c(OC(C)C)c2)CC1. The minimum atomic E-state index is 0.146. The first kappa shape index (κ1) is 15.0. The summed E-state index contributed by atoms with van der Waals surface area (Å²) in [5.74, 6) is 2.49. The van der Waals surface area contributed by atoms with Crippen LogP contribution in [0.1, 0.15) is 46.5 Å². The lowest BCUT2D eigenvalue weighted by Crippen LogP contribution is -2.20. The van der Waals surface area contributed by atoms with Crippen LogP contribution in [-0.4, -0.2) is 12.6 Å². The van der Waals surface area contributed by atoms with E-state index in [1.165, 1.54) is 25.7 Å². The van der Waals surface area contributed by atoms with Gasteiger partial charge in [0.25, 0.3) is 0 Å². The van der Waals surface area contributed by atoms with Gasteiger partial charge in [-0.25, -0.2) is 0 Å². The van der Waals surface area contributed by atoms with E-state index in [0.717, 1.165) is 29.8 Å². The minimum Gasteiger partial charge on any atom is -0.489 e. The fourth-order valence-electron chi connectivity index (χ4n) is 2.80. The zero-order valence-corrected chi connectivity index (χ0v) is 13.0. The third kappa shape index (κ3) is 4.32. The molecule has 0 aromatic heterocycles. The highest BCUT2D eigenvalue weighted by Crippen LogP contribution is 2.30. The third-order valence-corrected chi connectivity index (χ3v) is 4.11. The zero-order valence-electron chi connectivity index (χ0n) is 13.0. The van der Waals surface area contributed by atoms with Crippen molar-refractivity contribution in [3.05, 3.63) is 18.2 Å². The molecule has 3 N–H and O–H groups in total. The second-order valence-corrected chi connectivity index (χ2v) is 6.43. The van der Waals surface area contributed by atoms with Crippen molar-refractivity contribution in [2.24, 2.45) is 11.8 Å². The van der Waals surface area contributed by atoms with E-state index in [-0.39, 0.29) is 6.10 Å². The molecule has 1 aliphatic carbocycles. The molecular weight excluding hydrogens is 248 g/mol. The summed E-state index contributed by atoms with van der Waals surface area (Å²) in [6.07, 6.45) is 5.58. The Balaban J connectivity index is 1.89. The van der Waals surface area contributed by atoms with Gasteiger partial charge in [-0.3, -0.25) is 0 Å². The number of ether oxygens (including phenoxy) is 1. The lowest BCUT2D eigenvalue weighted by Gasteiger charge is -2.26. The van der Waals surface area contributed by atoms with Crippen molar-refractivity contribution in [1.82, 2.24) is 0 Å². The smallest absolute Gasteiger partial charge is 0.144 e. The van der Waals surface area contributed by atoms with Gasteiger partial charge in [-0.2, -0.15) is 0 Å². The van der Waals surface area contributed by atoms with E-state index in [0.29, 0.717) is 5.69 Å². The molecule has 0 bridgehead atoms. The van der Waals surface area contributed by atoms with Crippen LogP contribution in [0.5, 0.6) is 5.75 Å². The average Bonchev–Trinajstić information content (AvgIpc) is 2.41. The number of nitrogen functional groups attached to an aromatic ring is 1. The Kier molecular flexibility index (Phi) is 5.16. The maximum absolute atomic E-state index is 5.94. The van der Waals surface area contributed by atoms with Gasteiger partial charge < -0.3 is 15.8 Å². The first-order valence-corrected chi connectivity index (χ1v) is 7.84. The van der Waals surface area contributed by atoms with E-state index in [4.69, 9.17) is 10.5 Å². The van der Waals surface area contributed by atoms with Crippen molar-refractivity contribution < 1.29 is 4.74 Å². The van der Waals surface area contributed by atoms with Crippen LogP contribution in [0.3, 0.4) is 0 Å². The number of rotatable bonds is 5. The van der Waals surface area contributed by atoms with Crippen LogP contribution in [0.25, 0.3) is 0 Å². The lowest BCUT2D eigenvalue weighted by atomic mass is 9.83. The standard InChI is InChI=1S/C17H28N2O/c1-12(2)20-17-10-15(8-9-16(17)18)19-11-14-6-4-13(3)5-7-14/h8-10,12-14,19H,4-7,11,18H2,1-3H3. The monoisotopic (exact) mass is 276 g/mol. The van der Waals surface area contributed by atoms with Crippen molar-refractivity contribution in [2.45, 2.75) is 52.6 Å². The van der Waals surface area contributed by atoms with Gasteiger partial charge in [0.1, 0.15) is 5.75 Å². The van der Waals surface area contributed by atoms with Gasteiger partial charge in [0, 0.05) is 18.3 Å². The molecule has 2 rings (SSSR count). The summed E-state index contributed by atoms with van der Waals surface area (Å²) in [4.78, 5) is 0. The molecule has 1 aromatic rings. The molecule has 0 saturated heterocycles. The summed E-state index contributed by atoms with van der Waals surface area (Å²) in [7, 11) is 0. The fourth-order valence-corrected chi connectivity index (χ4v) is 2.80. The Morgan fingerprint density at radius 1 is 1.25 bits per heavy atom. The molecule has 1 aromatic carbocycles. The Labute approximate surface area is 122 Å². The van der Waals surface area contributed by atoms with Gasteiger partial charge in [0.15, 0.2) is 0 Å². The molecule has 0 spiro atoms. The predicted molar refractivity (Wildman–Crippen MR) is 86.2 cm³/mol. The van der Waals surface area contributed by atoms with Crippen molar-refractivity contribution in [2.75, 3.05) is 17.6 Å². The molecule has 20 heavy (non-hydrogen) atoms. The van der Waals surface area contributed by atoms with Gasteiger partial charge >= 0.3 is 0 Å². The van der Waals surface area contributed by atoms with Crippen molar-refractivity contribution in [3.63, 3.8) is 0 Å². The molecular formula is C17H28N2O. The molecule has 0 heterocycles. The highest BCUT2D eigenvalue weighted by Gasteiger charge is 2.17. The molecule has 1 aliphatic rings. The minimum absolute atomic E-state index is 0.146. The third-order valence-electron chi connectivity index (χ3n) is 4.11. The number of nitrogens with two attached hydrogens (primary N) is 1. The zero-order chi connectivity index (χ0) is 14.5. The van der Waals surface area contributed by atoms with E-state index in [1.807, 2.05) is 32.0 Å². The highest BCUT2D eigenvalue weighted by atomic mass is 16.5. The molecule has 0 unspecified atom stereocenters. The Morgan fingerprint density at radius 3 is 2.60 bits per heavy atom. The van der Waals surface area contributed by atoms with Crippen molar-refractivity contribution >= 4 is 11.4 Å². The molecule has 3 nitrogen and oxygen atoms in total. The Hall–Kier alpha value is -1.38. The van der Waals surface area contributed by atoms with Crippen LogP contribution >= 0.6 is 0 Å². The van der Waals surface area contributed by atoms with Gasteiger partial charge in [0.2, 0.25) is 0 Å². The largest absolute Gasteiger partial charge is 0.489 e. The van der Waals surface area contributed by atoms with Crippen LogP contribution in [0.15, 0.2) is 18.2 Å². The molecule has 0 amide bonds. The summed E-state index contributed by atoms with van der Waals surface area (Å²) in [6, 6.07) is 5.97. The first-order valence-electron chi connectivity index (χ1n) is 7.84. The summed E-state index contributed by atoms with van der Waals surface area (Å²) in [5.41, 5.74) is 7.75. The number of hydrogen-bond acceptors (Lipinski definition) is 3. The Bertz CT molecular complexity index is 423. The second kappa shape index (κ2) is 6.87. The number of benzene rings is 1. The predicted octanol–water partition coefficient (Wildman–Crippen LogP) is 4.29. The molecule has 1 fully saturated rings. The lowest BCUT2D eigenvalue weighted by molar-refractivity contribution is 0.244. The molecule has 112 valence electrons. The molecule has 0 radical (unpaired) electrons. The van der Waals surface area contributed by atoms with E-state index >= 15 is 0 Å². The maximum Gasteiger partial charge on any atom is 0.144 e. The van der Waals surface area contributed by atoms with Crippen LogP contribution < -0.4 is 15.8 Å². The molecule has 3 heteroatoms. The van der Waals surface area contributed by atoms with Gasteiger partial charge in [-0.15, -0.1) is 0 Å². The number of nitrogens with one attached hydrogen (secondary N) is 1. The summed E-state index contributed by atoms with van der Waals surface area (Å²) in [5, 5.41) is 3.53. The van der Waals surface area contributed by atoms with Crippen molar-refractivity contribution in [1.29, 1.82) is 0 Å². The topological polar surface area (TPSA) is 47.3 Å². The summed E-state index contributed by atoms with van der Waals surface area (Å²) in [6.45, 7) is 7.45. The highest BCUT2D eigenvalue weighted by molar-refractivity contribution is 5.61. The fraction of sp³-hybridized carbons (Fsp3) is 0.647.